The van der Waals surface area contributed by atoms with Crippen LogP contribution in [0.15, 0.2) is 64.1 Å². The average Bonchev–Trinajstić information content (AvgIpc) is 3.38. The van der Waals surface area contributed by atoms with Crippen LogP contribution in [0.1, 0.15) is 38.1 Å². The van der Waals surface area contributed by atoms with Crippen LogP contribution in [0.3, 0.4) is 0 Å². The van der Waals surface area contributed by atoms with Gasteiger partial charge < -0.3 is 0 Å². The number of fused-ring (bicyclic) bond motifs is 1. The molecule has 7 heteroatoms. The minimum Gasteiger partial charge on any atom is -0.294 e. The van der Waals surface area contributed by atoms with Crippen LogP contribution in [0.25, 0.3) is 15.9 Å². The van der Waals surface area contributed by atoms with Crippen molar-refractivity contribution in [1.29, 1.82) is 0 Å². The van der Waals surface area contributed by atoms with Gasteiger partial charge in [-0.15, -0.1) is 21.5 Å². The van der Waals surface area contributed by atoms with E-state index in [1.54, 1.807) is 23.1 Å². The summed E-state index contributed by atoms with van der Waals surface area (Å²) in [6.45, 7) is 4.51. The molecule has 1 aliphatic heterocycles. The van der Waals surface area contributed by atoms with Crippen molar-refractivity contribution in [2.45, 2.75) is 41.7 Å². The fourth-order valence-corrected chi connectivity index (χ4v) is 5.91. The van der Waals surface area contributed by atoms with Crippen LogP contribution in [0, 0.1) is 0 Å². The lowest BCUT2D eigenvalue weighted by Gasteiger charge is -2.31. The molecule has 148 valence electrons. The van der Waals surface area contributed by atoms with Gasteiger partial charge >= 0.3 is 0 Å². The number of nitrogens with zero attached hydrogens (tertiary/aromatic N) is 5. The van der Waals surface area contributed by atoms with E-state index in [9.17, 15) is 0 Å². The highest BCUT2D eigenvalue weighted by Gasteiger charge is 2.26. The van der Waals surface area contributed by atoms with E-state index in [1.807, 2.05) is 12.1 Å². The monoisotopic (exact) mass is 421 g/mol. The molecule has 2 aromatic carbocycles. The molecule has 5 nitrogen and oxygen atoms in total. The summed E-state index contributed by atoms with van der Waals surface area (Å²) < 4.78 is 4.39. The van der Waals surface area contributed by atoms with Crippen molar-refractivity contribution >= 4 is 33.3 Å². The Hall–Kier alpha value is -2.22. The van der Waals surface area contributed by atoms with E-state index in [2.05, 4.69) is 69.1 Å². The van der Waals surface area contributed by atoms with E-state index in [4.69, 9.17) is 4.98 Å². The van der Waals surface area contributed by atoms with Gasteiger partial charge in [-0.3, -0.25) is 9.47 Å². The molecule has 5 rings (SSSR count). The molecule has 2 aromatic heterocycles. The Balaban J connectivity index is 1.53. The van der Waals surface area contributed by atoms with Gasteiger partial charge in [-0.1, -0.05) is 36.8 Å². The van der Waals surface area contributed by atoms with Crippen LogP contribution in [0.4, 0.5) is 0 Å². The lowest BCUT2D eigenvalue weighted by atomic mass is 10.1. The molecule has 0 spiro atoms. The molecule has 0 radical (unpaired) electrons. The van der Waals surface area contributed by atoms with E-state index in [0.29, 0.717) is 0 Å². The highest BCUT2D eigenvalue weighted by molar-refractivity contribution is 8.01. The first-order chi connectivity index (χ1) is 14.3. The maximum absolute atomic E-state index is 4.78. The predicted octanol–water partition coefficient (Wildman–Crippen LogP) is 5.58. The number of hydrogen-bond donors (Lipinski definition) is 0. The van der Waals surface area contributed by atoms with Crippen LogP contribution in [0.5, 0.6) is 0 Å². The summed E-state index contributed by atoms with van der Waals surface area (Å²) in [6, 6.07) is 18.9. The molecular weight excluding hydrogens is 398 g/mol. The lowest BCUT2D eigenvalue weighted by Crippen LogP contribution is -2.33. The largest absolute Gasteiger partial charge is 0.294 e. The number of thiazole rings is 1. The fraction of sp³-hybridized carbons (Fsp3) is 0.318. The highest BCUT2D eigenvalue weighted by atomic mass is 32.2. The molecular formula is C22H23N5S2. The van der Waals surface area contributed by atoms with E-state index < -0.39 is 0 Å². The summed E-state index contributed by atoms with van der Waals surface area (Å²) in [5, 5.41) is 10.1. The third-order valence-electron chi connectivity index (χ3n) is 5.44. The van der Waals surface area contributed by atoms with Gasteiger partial charge in [0.2, 0.25) is 5.16 Å². The number of piperidine rings is 1. The first-order valence-electron chi connectivity index (χ1n) is 10.1. The zero-order chi connectivity index (χ0) is 19.6. The van der Waals surface area contributed by atoms with Crippen LogP contribution in [-0.4, -0.2) is 37.7 Å². The lowest BCUT2D eigenvalue weighted by molar-refractivity contribution is 0.167. The maximum atomic E-state index is 4.78. The second-order valence-electron chi connectivity index (χ2n) is 7.33. The summed E-state index contributed by atoms with van der Waals surface area (Å²) in [6.07, 6.45) is 3.85. The van der Waals surface area contributed by atoms with E-state index in [0.717, 1.165) is 39.6 Å². The SMILES string of the molecule is CC(c1nnc(Sc2nc3ccccc3s2)n1-c1ccccc1)N1CCCCC1. The van der Waals surface area contributed by atoms with Crippen molar-refractivity contribution in [2.24, 2.45) is 0 Å². The average molecular weight is 422 g/mol. The highest BCUT2D eigenvalue weighted by Crippen LogP contribution is 2.36. The van der Waals surface area contributed by atoms with Crippen molar-refractivity contribution in [1.82, 2.24) is 24.6 Å². The molecule has 0 N–H and O–H groups in total. The first kappa shape index (κ1) is 18.8. The second-order valence-corrected chi connectivity index (χ2v) is 9.58. The molecule has 0 amide bonds. The summed E-state index contributed by atoms with van der Waals surface area (Å²) in [5.41, 5.74) is 2.13. The van der Waals surface area contributed by atoms with Gasteiger partial charge in [-0.05, 0) is 68.9 Å². The van der Waals surface area contributed by atoms with Crippen molar-refractivity contribution in [2.75, 3.05) is 13.1 Å². The van der Waals surface area contributed by atoms with Crippen LogP contribution in [-0.2, 0) is 0 Å². The third kappa shape index (κ3) is 3.82. The van der Waals surface area contributed by atoms with Crippen LogP contribution in [0.2, 0.25) is 0 Å². The summed E-state index contributed by atoms with van der Waals surface area (Å²) in [5.74, 6) is 1.00. The molecule has 3 heterocycles. The van der Waals surface area contributed by atoms with Gasteiger partial charge in [-0.25, -0.2) is 4.98 Å². The minimum absolute atomic E-state index is 0.229. The predicted molar refractivity (Wildman–Crippen MR) is 119 cm³/mol. The van der Waals surface area contributed by atoms with Gasteiger partial charge in [-0.2, -0.15) is 0 Å². The molecule has 0 aliphatic carbocycles. The second kappa shape index (κ2) is 8.26. The fourth-order valence-electron chi connectivity index (χ4n) is 3.88. The van der Waals surface area contributed by atoms with Crippen molar-refractivity contribution in [3.05, 3.63) is 60.4 Å². The minimum atomic E-state index is 0.229. The molecule has 4 aromatic rings. The smallest absolute Gasteiger partial charge is 0.202 e. The van der Waals surface area contributed by atoms with E-state index in [-0.39, 0.29) is 6.04 Å². The molecule has 1 unspecified atom stereocenters. The Morgan fingerprint density at radius 1 is 0.931 bits per heavy atom. The zero-order valence-electron chi connectivity index (χ0n) is 16.4. The van der Waals surface area contributed by atoms with Crippen molar-refractivity contribution in [3.63, 3.8) is 0 Å². The molecule has 0 saturated carbocycles. The van der Waals surface area contributed by atoms with Gasteiger partial charge in [0.25, 0.3) is 0 Å². The zero-order valence-corrected chi connectivity index (χ0v) is 18.0. The summed E-state index contributed by atoms with van der Waals surface area (Å²) in [7, 11) is 0. The van der Waals surface area contributed by atoms with E-state index >= 15 is 0 Å². The Morgan fingerprint density at radius 2 is 1.69 bits per heavy atom. The maximum Gasteiger partial charge on any atom is 0.202 e. The van der Waals surface area contributed by atoms with Gasteiger partial charge in [0.05, 0.1) is 16.3 Å². The summed E-state index contributed by atoms with van der Waals surface area (Å²) >= 11 is 3.30. The van der Waals surface area contributed by atoms with Crippen LogP contribution >= 0.6 is 23.1 Å². The number of rotatable bonds is 5. The Bertz CT molecular complexity index is 1070. The number of hydrogen-bond acceptors (Lipinski definition) is 6. The molecule has 1 saturated heterocycles. The number of para-hydroxylation sites is 2. The Kier molecular flexibility index (Phi) is 5.35. The van der Waals surface area contributed by atoms with E-state index in [1.165, 1.54) is 24.0 Å². The van der Waals surface area contributed by atoms with Crippen molar-refractivity contribution < 1.29 is 0 Å². The molecule has 1 aliphatic rings. The summed E-state index contributed by atoms with van der Waals surface area (Å²) in [4.78, 5) is 7.30. The molecule has 1 atom stereocenters. The normalized spacial score (nSPS) is 16.3. The third-order valence-corrected chi connectivity index (χ3v) is 7.48. The number of aromatic nitrogens is 4. The van der Waals surface area contributed by atoms with Gasteiger partial charge in [0.15, 0.2) is 10.2 Å². The van der Waals surface area contributed by atoms with Crippen LogP contribution < -0.4 is 0 Å². The molecule has 1 fully saturated rings. The van der Waals surface area contributed by atoms with Crippen molar-refractivity contribution in [3.8, 4) is 5.69 Å². The number of likely N-dealkylation sites (tertiary alicyclic amines) is 1. The first-order valence-corrected chi connectivity index (χ1v) is 11.7. The van der Waals surface area contributed by atoms with Gasteiger partial charge in [0, 0.05) is 5.69 Å². The molecule has 29 heavy (non-hydrogen) atoms. The van der Waals surface area contributed by atoms with Gasteiger partial charge in [0.1, 0.15) is 0 Å². The Morgan fingerprint density at radius 3 is 2.48 bits per heavy atom. The Labute approximate surface area is 178 Å². The molecule has 0 bridgehead atoms. The quantitative estimate of drug-likeness (QED) is 0.421. The standard InChI is InChI=1S/C22H23N5S2/c1-16(26-14-8-3-9-15-26)20-24-25-21(27(20)17-10-4-2-5-11-17)29-22-23-18-12-6-7-13-19(18)28-22/h2,4-7,10-13,16H,3,8-9,14-15H2,1H3. The number of benzene rings is 2. The topological polar surface area (TPSA) is 46.8 Å².